The normalized spacial score (nSPS) is 10.0. The number of nitrogens with zero attached hydrogens (tertiary/aromatic N) is 2. The third-order valence-electron chi connectivity index (χ3n) is 3.97. The summed E-state index contributed by atoms with van der Waals surface area (Å²) < 4.78 is 0. The van der Waals surface area contributed by atoms with Crippen LogP contribution in [0.4, 0.5) is 17.1 Å². The van der Waals surface area contributed by atoms with E-state index in [4.69, 9.17) is 0 Å². The molecule has 0 radical (unpaired) electrons. The molecule has 1 amide bonds. The van der Waals surface area contributed by atoms with E-state index in [9.17, 15) is 10.1 Å². The molecule has 0 bridgehead atoms. The third-order valence-corrected chi connectivity index (χ3v) is 3.97. The molecule has 26 heavy (non-hydrogen) atoms. The van der Waals surface area contributed by atoms with Gasteiger partial charge in [0.2, 0.25) is 0 Å². The fourth-order valence-electron chi connectivity index (χ4n) is 2.54. The summed E-state index contributed by atoms with van der Waals surface area (Å²) in [7, 11) is 0. The van der Waals surface area contributed by atoms with Gasteiger partial charge in [0.15, 0.2) is 0 Å². The minimum absolute atomic E-state index is 0.233. The molecule has 1 aromatic heterocycles. The molecule has 0 fully saturated rings. The maximum atomic E-state index is 12.6. The highest BCUT2D eigenvalue weighted by atomic mass is 16.1. The molecule has 0 unspecified atom stereocenters. The second kappa shape index (κ2) is 7.49. The highest BCUT2D eigenvalue weighted by Gasteiger charge is 2.10. The van der Waals surface area contributed by atoms with Gasteiger partial charge in [-0.15, -0.1) is 0 Å². The van der Waals surface area contributed by atoms with Crippen molar-refractivity contribution in [2.45, 2.75) is 13.8 Å². The summed E-state index contributed by atoms with van der Waals surface area (Å²) >= 11 is 0. The van der Waals surface area contributed by atoms with Gasteiger partial charge in [0.05, 0.1) is 28.7 Å². The molecule has 128 valence electrons. The predicted molar refractivity (Wildman–Crippen MR) is 103 cm³/mol. The molecule has 3 aromatic rings. The molecule has 5 heteroatoms. The second-order valence-corrected chi connectivity index (χ2v) is 6.02. The zero-order chi connectivity index (χ0) is 18.5. The monoisotopic (exact) mass is 342 g/mol. The van der Waals surface area contributed by atoms with Crippen molar-refractivity contribution < 1.29 is 4.79 Å². The minimum atomic E-state index is -0.233. The summed E-state index contributed by atoms with van der Waals surface area (Å²) in [6, 6.07) is 16.9. The van der Waals surface area contributed by atoms with Gasteiger partial charge >= 0.3 is 0 Å². The van der Waals surface area contributed by atoms with E-state index in [1.807, 2.05) is 38.1 Å². The fourth-order valence-corrected chi connectivity index (χ4v) is 2.54. The van der Waals surface area contributed by atoms with E-state index in [1.165, 1.54) is 6.20 Å². The molecular weight excluding hydrogens is 324 g/mol. The number of aromatic nitrogens is 1. The van der Waals surface area contributed by atoms with Gasteiger partial charge < -0.3 is 10.6 Å². The zero-order valence-electron chi connectivity index (χ0n) is 14.6. The summed E-state index contributed by atoms with van der Waals surface area (Å²) in [6.07, 6.45) is 3.13. The number of hydrogen-bond acceptors (Lipinski definition) is 4. The van der Waals surface area contributed by atoms with Crippen LogP contribution in [0.5, 0.6) is 0 Å². The van der Waals surface area contributed by atoms with Crippen molar-refractivity contribution in [1.29, 1.82) is 5.26 Å². The first-order chi connectivity index (χ1) is 12.6. The molecule has 0 spiro atoms. The molecule has 0 aliphatic heterocycles. The second-order valence-electron chi connectivity index (χ2n) is 6.02. The van der Waals surface area contributed by atoms with Crippen molar-refractivity contribution in [2.24, 2.45) is 0 Å². The average molecular weight is 342 g/mol. The van der Waals surface area contributed by atoms with Crippen LogP contribution in [0.25, 0.3) is 0 Å². The number of amides is 1. The van der Waals surface area contributed by atoms with Crippen LogP contribution in [0.3, 0.4) is 0 Å². The quantitative estimate of drug-likeness (QED) is 0.728. The van der Waals surface area contributed by atoms with Crippen LogP contribution in [0.15, 0.2) is 60.9 Å². The number of nitrogens with one attached hydrogen (secondary N) is 2. The number of carbonyl (C=O) groups excluding carboxylic acids is 1. The Balaban J connectivity index is 1.82. The maximum Gasteiger partial charge on any atom is 0.257 e. The number of carbonyl (C=O) groups is 1. The van der Waals surface area contributed by atoms with E-state index in [1.54, 1.807) is 30.5 Å². The Morgan fingerprint density at radius 3 is 2.65 bits per heavy atom. The number of rotatable bonds is 4. The van der Waals surface area contributed by atoms with Gasteiger partial charge in [-0.2, -0.15) is 5.26 Å². The molecule has 0 aliphatic carbocycles. The van der Waals surface area contributed by atoms with Crippen LogP contribution in [0, 0.1) is 25.2 Å². The Kier molecular flexibility index (Phi) is 4.95. The van der Waals surface area contributed by atoms with Gasteiger partial charge in [0.25, 0.3) is 5.91 Å². The Bertz CT molecular complexity index is 1000. The van der Waals surface area contributed by atoms with Crippen molar-refractivity contribution in [2.75, 3.05) is 10.6 Å². The lowest BCUT2D eigenvalue weighted by Crippen LogP contribution is -2.13. The van der Waals surface area contributed by atoms with Crippen LogP contribution in [-0.4, -0.2) is 10.9 Å². The number of para-hydroxylation sites is 1. The molecule has 0 saturated heterocycles. The van der Waals surface area contributed by atoms with Crippen LogP contribution in [0.1, 0.15) is 27.0 Å². The molecular formula is C21H18N4O. The first-order valence-corrected chi connectivity index (χ1v) is 8.16. The van der Waals surface area contributed by atoms with Crippen molar-refractivity contribution >= 4 is 23.0 Å². The van der Waals surface area contributed by atoms with Crippen LogP contribution < -0.4 is 10.6 Å². The molecule has 2 N–H and O–H groups in total. The predicted octanol–water partition coefficient (Wildman–Crippen LogP) is 4.57. The molecule has 0 saturated carbocycles. The summed E-state index contributed by atoms with van der Waals surface area (Å²) in [4.78, 5) is 16.7. The summed E-state index contributed by atoms with van der Waals surface area (Å²) in [6.45, 7) is 3.93. The van der Waals surface area contributed by atoms with Crippen molar-refractivity contribution in [3.8, 4) is 6.07 Å². The van der Waals surface area contributed by atoms with Crippen LogP contribution in [0.2, 0.25) is 0 Å². The van der Waals surface area contributed by atoms with Crippen LogP contribution in [-0.2, 0) is 0 Å². The summed E-state index contributed by atoms with van der Waals surface area (Å²) in [5, 5.41) is 15.2. The third kappa shape index (κ3) is 3.87. The minimum Gasteiger partial charge on any atom is -0.353 e. The largest absolute Gasteiger partial charge is 0.353 e. The molecule has 0 aliphatic rings. The highest BCUT2D eigenvalue weighted by Crippen LogP contribution is 2.21. The van der Waals surface area contributed by atoms with Gasteiger partial charge in [-0.1, -0.05) is 24.3 Å². The first-order valence-electron chi connectivity index (χ1n) is 8.16. The van der Waals surface area contributed by atoms with Gasteiger partial charge in [-0.3, -0.25) is 9.78 Å². The standard InChI is InChI=1S/C21H18N4O/c1-14-7-8-15(2)20(9-14)25-21(26)17-10-18(13-23-12-17)24-19-6-4-3-5-16(19)11-22/h3-10,12-13,24H,1-2H3,(H,25,26). The number of hydrogen-bond donors (Lipinski definition) is 2. The lowest BCUT2D eigenvalue weighted by Gasteiger charge is -2.11. The number of nitriles is 1. The number of aryl methyl sites for hydroxylation is 2. The van der Waals surface area contributed by atoms with E-state index in [0.29, 0.717) is 22.5 Å². The Morgan fingerprint density at radius 2 is 1.85 bits per heavy atom. The molecule has 0 atom stereocenters. The smallest absolute Gasteiger partial charge is 0.257 e. The Morgan fingerprint density at radius 1 is 1.04 bits per heavy atom. The Hall–Kier alpha value is -3.65. The summed E-state index contributed by atoms with van der Waals surface area (Å²) in [5.41, 5.74) is 5.12. The average Bonchev–Trinajstić information content (AvgIpc) is 2.65. The van der Waals surface area contributed by atoms with Gasteiger partial charge in [-0.05, 0) is 49.2 Å². The zero-order valence-corrected chi connectivity index (χ0v) is 14.6. The number of benzene rings is 2. The molecule has 5 nitrogen and oxygen atoms in total. The lowest BCUT2D eigenvalue weighted by atomic mass is 10.1. The lowest BCUT2D eigenvalue weighted by molar-refractivity contribution is 0.102. The van der Waals surface area contributed by atoms with E-state index in [-0.39, 0.29) is 5.91 Å². The topological polar surface area (TPSA) is 77.8 Å². The van der Waals surface area contributed by atoms with Gasteiger partial charge in [0.1, 0.15) is 6.07 Å². The maximum absolute atomic E-state index is 12.6. The van der Waals surface area contributed by atoms with Crippen molar-refractivity contribution in [1.82, 2.24) is 4.98 Å². The Labute approximate surface area is 152 Å². The molecule has 3 rings (SSSR count). The molecule has 1 heterocycles. The first kappa shape index (κ1) is 17.2. The SMILES string of the molecule is Cc1ccc(C)c(NC(=O)c2cncc(Nc3ccccc3C#N)c2)c1. The van der Waals surface area contributed by atoms with E-state index >= 15 is 0 Å². The van der Waals surface area contributed by atoms with Crippen molar-refractivity contribution in [3.05, 3.63) is 83.2 Å². The van der Waals surface area contributed by atoms with Crippen molar-refractivity contribution in [3.63, 3.8) is 0 Å². The van der Waals surface area contributed by atoms with E-state index < -0.39 is 0 Å². The molecule has 2 aromatic carbocycles. The fraction of sp³-hybridized carbons (Fsp3) is 0.0952. The van der Waals surface area contributed by atoms with Crippen LogP contribution >= 0.6 is 0 Å². The number of anilines is 3. The van der Waals surface area contributed by atoms with E-state index in [0.717, 1.165) is 16.8 Å². The van der Waals surface area contributed by atoms with Gasteiger partial charge in [-0.25, -0.2) is 0 Å². The highest BCUT2D eigenvalue weighted by molar-refractivity contribution is 6.05. The summed E-state index contributed by atoms with van der Waals surface area (Å²) in [5.74, 6) is -0.233. The van der Waals surface area contributed by atoms with Gasteiger partial charge in [0, 0.05) is 11.9 Å². The van der Waals surface area contributed by atoms with E-state index in [2.05, 4.69) is 21.7 Å². The number of pyridine rings is 1.